The number of carbonyl (C=O) groups is 4. The molecule has 9 heteroatoms. The molecule has 3 aliphatic rings. The zero-order valence-electron chi connectivity index (χ0n) is 26.3. The number of carbonyl (C=O) groups excluding carboxylic acids is 4. The molecule has 2 aromatic carbocycles. The van der Waals surface area contributed by atoms with Crippen LogP contribution in [-0.2, 0) is 25.7 Å². The van der Waals surface area contributed by atoms with Gasteiger partial charge in [-0.1, -0.05) is 56.7 Å². The second-order valence-electron chi connectivity index (χ2n) is 13.8. The average molecular weight is 614 g/mol. The van der Waals surface area contributed by atoms with Crippen molar-refractivity contribution in [1.82, 2.24) is 15.2 Å². The number of aromatic amines is 1. The van der Waals surface area contributed by atoms with Gasteiger partial charge in [0.1, 0.15) is 29.9 Å². The lowest BCUT2D eigenvalue weighted by Crippen LogP contribution is -2.53. The third-order valence-corrected chi connectivity index (χ3v) is 9.98. The molecule has 0 radical (unpaired) electrons. The number of rotatable bonds is 11. The minimum atomic E-state index is -0.883. The molecule has 6 rings (SSSR count). The smallest absolute Gasteiger partial charge is 0.271 e. The number of nitrogens with zero attached hydrogens (tertiary/aromatic N) is 1. The normalized spacial score (nSPS) is 24.5. The number of nitrogens with one attached hydrogen (secondary N) is 2. The van der Waals surface area contributed by atoms with Gasteiger partial charge in [0.15, 0.2) is 5.78 Å². The molecule has 238 valence electrons. The van der Waals surface area contributed by atoms with E-state index in [0.717, 1.165) is 35.7 Å². The fourth-order valence-corrected chi connectivity index (χ4v) is 7.87. The van der Waals surface area contributed by atoms with E-state index in [-0.39, 0.29) is 66.2 Å². The summed E-state index contributed by atoms with van der Waals surface area (Å²) in [6.07, 6.45) is 4.17. The van der Waals surface area contributed by atoms with E-state index in [1.165, 1.54) is 0 Å². The van der Waals surface area contributed by atoms with Crippen LogP contribution < -0.4 is 10.1 Å². The molecule has 2 saturated carbocycles. The Morgan fingerprint density at radius 2 is 1.89 bits per heavy atom. The van der Waals surface area contributed by atoms with E-state index < -0.39 is 12.1 Å². The zero-order valence-corrected chi connectivity index (χ0v) is 26.3. The third kappa shape index (κ3) is 6.54. The quantitative estimate of drug-likeness (QED) is 0.311. The molecule has 9 nitrogen and oxygen atoms in total. The SMILES string of the molecule is COc1cccc2[nH]c(C(=O)N3CC4CCCC4C3C(=O)NC(CC3CC(C)(C)CC3=O)C(=O)COCc3ccccc3)cc12. The van der Waals surface area contributed by atoms with Gasteiger partial charge in [-0.3, -0.25) is 19.2 Å². The summed E-state index contributed by atoms with van der Waals surface area (Å²) in [6, 6.07) is 15.4. The van der Waals surface area contributed by atoms with Crippen LogP contribution in [0.3, 0.4) is 0 Å². The van der Waals surface area contributed by atoms with Crippen LogP contribution in [0.5, 0.6) is 5.75 Å². The summed E-state index contributed by atoms with van der Waals surface area (Å²) in [6.45, 7) is 4.70. The highest BCUT2D eigenvalue weighted by Crippen LogP contribution is 2.44. The van der Waals surface area contributed by atoms with Gasteiger partial charge in [-0.25, -0.2) is 0 Å². The fraction of sp³-hybridized carbons (Fsp3) is 0.500. The Labute approximate surface area is 264 Å². The Morgan fingerprint density at radius 1 is 1.09 bits per heavy atom. The molecule has 1 saturated heterocycles. The summed E-state index contributed by atoms with van der Waals surface area (Å²) in [5.41, 5.74) is 1.98. The van der Waals surface area contributed by atoms with E-state index in [1.54, 1.807) is 18.1 Å². The molecule has 2 aliphatic carbocycles. The van der Waals surface area contributed by atoms with E-state index in [1.807, 2.05) is 48.5 Å². The van der Waals surface area contributed by atoms with Crippen LogP contribution in [0, 0.1) is 23.2 Å². The van der Waals surface area contributed by atoms with Crippen molar-refractivity contribution in [2.24, 2.45) is 23.2 Å². The number of fused-ring (bicyclic) bond motifs is 2. The maximum atomic E-state index is 14.2. The summed E-state index contributed by atoms with van der Waals surface area (Å²) in [5, 5.41) is 3.83. The monoisotopic (exact) mass is 613 g/mol. The average Bonchev–Trinajstić information content (AvgIpc) is 3.78. The Hall–Kier alpha value is -3.98. The number of methoxy groups -OCH3 is 1. The molecule has 1 aliphatic heterocycles. The van der Waals surface area contributed by atoms with Gasteiger partial charge < -0.3 is 24.7 Å². The lowest BCUT2D eigenvalue weighted by molar-refractivity contribution is -0.134. The molecule has 2 N–H and O–H groups in total. The molecule has 5 atom stereocenters. The number of benzene rings is 2. The molecule has 0 bridgehead atoms. The second-order valence-corrected chi connectivity index (χ2v) is 13.8. The topological polar surface area (TPSA) is 118 Å². The molecular weight excluding hydrogens is 570 g/mol. The Kier molecular flexibility index (Phi) is 8.82. The summed E-state index contributed by atoms with van der Waals surface area (Å²) >= 11 is 0. The van der Waals surface area contributed by atoms with E-state index in [0.29, 0.717) is 30.8 Å². The number of Topliss-reactive ketones (excluding diaryl/α,β-unsaturated/α-hetero) is 2. The molecule has 1 aromatic heterocycles. The van der Waals surface area contributed by atoms with E-state index in [9.17, 15) is 19.2 Å². The molecular formula is C36H43N3O6. The van der Waals surface area contributed by atoms with Crippen LogP contribution >= 0.6 is 0 Å². The standard InChI is InChI=1S/C36H43N3O6/c1-36(2)17-24(30(40)18-36)15-28(31(41)21-45-20-22-9-5-4-6-10-22)38-34(42)33-25-12-7-11-23(25)19-39(33)35(43)29-16-26-27(37-29)13-8-14-32(26)44-3/h4-6,8-10,13-14,16,23-25,28,33,37H,7,11-12,15,17-21H2,1-3H3,(H,38,42). The first-order chi connectivity index (χ1) is 21.6. The van der Waals surface area contributed by atoms with Crippen LogP contribution in [0.4, 0.5) is 0 Å². The van der Waals surface area contributed by atoms with E-state index in [4.69, 9.17) is 9.47 Å². The Bertz CT molecular complexity index is 1580. The van der Waals surface area contributed by atoms with Crippen molar-refractivity contribution >= 4 is 34.3 Å². The van der Waals surface area contributed by atoms with Gasteiger partial charge in [-0.2, -0.15) is 0 Å². The van der Waals surface area contributed by atoms with Gasteiger partial charge in [0.2, 0.25) is 5.91 Å². The molecule has 3 fully saturated rings. The van der Waals surface area contributed by atoms with Crippen LogP contribution in [0.25, 0.3) is 10.9 Å². The zero-order chi connectivity index (χ0) is 31.7. The number of ether oxygens (including phenoxy) is 2. The minimum Gasteiger partial charge on any atom is -0.496 e. The summed E-state index contributed by atoms with van der Waals surface area (Å²) in [5.74, 6) is -0.129. The molecule has 2 heterocycles. The van der Waals surface area contributed by atoms with Crippen molar-refractivity contribution in [3.8, 4) is 5.75 Å². The molecule has 45 heavy (non-hydrogen) atoms. The molecule has 3 aromatic rings. The fourth-order valence-electron chi connectivity index (χ4n) is 7.87. The van der Waals surface area contributed by atoms with E-state index >= 15 is 0 Å². The Morgan fingerprint density at radius 3 is 2.62 bits per heavy atom. The largest absolute Gasteiger partial charge is 0.496 e. The first-order valence-electron chi connectivity index (χ1n) is 16.1. The highest BCUT2D eigenvalue weighted by Gasteiger charge is 2.50. The van der Waals surface area contributed by atoms with Gasteiger partial charge >= 0.3 is 0 Å². The first kappa shape index (κ1) is 31.0. The van der Waals surface area contributed by atoms with Gasteiger partial charge in [0.05, 0.1) is 19.8 Å². The lowest BCUT2D eigenvalue weighted by atomic mass is 9.88. The van der Waals surface area contributed by atoms with Crippen molar-refractivity contribution < 1.29 is 28.7 Å². The number of aromatic nitrogens is 1. The number of hydrogen-bond acceptors (Lipinski definition) is 6. The predicted molar refractivity (Wildman–Crippen MR) is 170 cm³/mol. The predicted octanol–water partition coefficient (Wildman–Crippen LogP) is 5.08. The number of hydrogen-bond donors (Lipinski definition) is 2. The number of amides is 2. The highest BCUT2D eigenvalue weighted by atomic mass is 16.5. The van der Waals surface area contributed by atoms with Crippen LogP contribution in [0.15, 0.2) is 54.6 Å². The van der Waals surface area contributed by atoms with E-state index in [2.05, 4.69) is 24.1 Å². The third-order valence-electron chi connectivity index (χ3n) is 9.98. The van der Waals surface area contributed by atoms with Crippen molar-refractivity contribution in [1.29, 1.82) is 0 Å². The van der Waals surface area contributed by atoms with Crippen molar-refractivity contribution in [2.75, 3.05) is 20.3 Å². The molecule has 5 unspecified atom stereocenters. The summed E-state index contributed by atoms with van der Waals surface area (Å²) in [4.78, 5) is 59.6. The summed E-state index contributed by atoms with van der Waals surface area (Å²) in [7, 11) is 1.59. The number of ketones is 2. The van der Waals surface area contributed by atoms with Gasteiger partial charge in [-0.15, -0.1) is 0 Å². The maximum Gasteiger partial charge on any atom is 0.271 e. The van der Waals surface area contributed by atoms with Crippen LogP contribution in [-0.4, -0.2) is 65.6 Å². The number of H-pyrrole nitrogens is 1. The highest BCUT2D eigenvalue weighted by molar-refractivity contribution is 6.02. The maximum absolute atomic E-state index is 14.2. The summed E-state index contributed by atoms with van der Waals surface area (Å²) < 4.78 is 11.3. The van der Waals surface area contributed by atoms with Crippen molar-refractivity contribution in [3.63, 3.8) is 0 Å². The molecule has 2 amide bonds. The Balaban J connectivity index is 1.22. The van der Waals surface area contributed by atoms with Crippen LogP contribution in [0.2, 0.25) is 0 Å². The first-order valence-corrected chi connectivity index (χ1v) is 16.1. The van der Waals surface area contributed by atoms with Crippen molar-refractivity contribution in [2.45, 2.75) is 71.1 Å². The number of likely N-dealkylation sites (tertiary alicyclic amines) is 1. The van der Waals surface area contributed by atoms with Crippen molar-refractivity contribution in [3.05, 3.63) is 65.9 Å². The minimum absolute atomic E-state index is 0.0185. The second kappa shape index (κ2) is 12.8. The lowest BCUT2D eigenvalue weighted by Gasteiger charge is -2.29. The van der Waals surface area contributed by atoms with Gasteiger partial charge in [0.25, 0.3) is 5.91 Å². The van der Waals surface area contributed by atoms with Gasteiger partial charge in [0, 0.05) is 29.8 Å². The van der Waals surface area contributed by atoms with Gasteiger partial charge in [-0.05, 0) is 66.7 Å². The molecule has 0 spiro atoms. The van der Waals surface area contributed by atoms with Crippen LogP contribution in [0.1, 0.15) is 68.4 Å².